The zero-order chi connectivity index (χ0) is 18.9. The van der Waals surface area contributed by atoms with E-state index in [0.717, 1.165) is 20.9 Å². The van der Waals surface area contributed by atoms with Crippen molar-refractivity contribution in [3.63, 3.8) is 0 Å². The molecule has 0 aliphatic carbocycles. The zero-order valence-corrected chi connectivity index (χ0v) is 16.8. The highest BCUT2D eigenvalue weighted by Gasteiger charge is 2.03. The second-order valence-corrected chi connectivity index (χ2v) is 6.91. The van der Waals surface area contributed by atoms with Gasteiger partial charge in [-0.25, -0.2) is 0 Å². The Morgan fingerprint density at radius 3 is 0.667 bits per heavy atom. The van der Waals surface area contributed by atoms with Crippen molar-refractivity contribution in [3.05, 3.63) is 65.4 Å². The lowest BCUT2D eigenvalue weighted by molar-refractivity contribution is 1.17. The third-order valence-corrected chi connectivity index (χ3v) is 5.89. The van der Waals surface area contributed by atoms with Crippen LogP contribution >= 0.6 is 0 Å². The quantitative estimate of drug-likeness (QED) is 0.697. The Labute approximate surface area is 147 Å². The van der Waals surface area contributed by atoms with Crippen LogP contribution in [0.5, 0.6) is 0 Å². The Bertz CT molecular complexity index is 872. The molecule has 0 amide bonds. The third kappa shape index (κ3) is 3.38. The van der Waals surface area contributed by atoms with Gasteiger partial charge in [0.1, 0.15) is 0 Å². The van der Waals surface area contributed by atoms with Crippen molar-refractivity contribution >= 4 is 26.3 Å². The number of hydrogen-bond donors (Lipinski definition) is 0. The van der Waals surface area contributed by atoms with Crippen molar-refractivity contribution in [1.82, 2.24) is 0 Å². The number of hydrogen-bond acceptors (Lipinski definition) is 0. The molecule has 0 bridgehead atoms. The van der Waals surface area contributed by atoms with E-state index in [4.69, 9.17) is 0 Å². The molecule has 2 aromatic rings. The Hall–Kier alpha value is -2.08. The van der Waals surface area contributed by atoms with Crippen LogP contribution in [0.25, 0.3) is 26.3 Å². The fourth-order valence-electron chi connectivity index (χ4n) is 2.94. The van der Waals surface area contributed by atoms with Gasteiger partial charge in [-0.2, -0.15) is 0 Å². The molecular weight excluding hydrogens is 288 g/mol. The summed E-state index contributed by atoms with van der Waals surface area (Å²) in [6.07, 6.45) is 0. The lowest BCUT2D eigenvalue weighted by Crippen LogP contribution is -2.29. The first-order valence-electron chi connectivity index (χ1n) is 8.41. The average molecular weight is 321 g/mol. The molecule has 0 aromatic heterocycles. The molecule has 0 unspecified atom stereocenters. The lowest BCUT2D eigenvalue weighted by Gasteiger charge is -2.09. The van der Waals surface area contributed by atoms with Gasteiger partial charge in [-0.1, -0.05) is 26.3 Å². The van der Waals surface area contributed by atoms with Crippen LogP contribution in [0.1, 0.15) is 44.5 Å². The van der Waals surface area contributed by atoms with Crippen LogP contribution in [0.15, 0.2) is 0 Å². The van der Waals surface area contributed by atoms with Gasteiger partial charge < -0.3 is 0 Å². The van der Waals surface area contributed by atoms with Gasteiger partial charge in [-0.3, -0.25) is 0 Å². The third-order valence-electron chi connectivity index (χ3n) is 5.89. The van der Waals surface area contributed by atoms with E-state index in [-0.39, 0.29) is 0 Å². The number of rotatable bonds is 0. The van der Waals surface area contributed by atoms with Gasteiger partial charge in [0.05, 0.1) is 0 Å². The van der Waals surface area contributed by atoms with E-state index < -0.39 is 0 Å². The molecule has 0 nitrogen and oxygen atoms in total. The average Bonchev–Trinajstić information content (AvgIpc) is 2.58. The van der Waals surface area contributed by atoms with Gasteiger partial charge in [0.2, 0.25) is 0 Å². The second kappa shape index (κ2) is 7.21. The second-order valence-electron chi connectivity index (χ2n) is 6.91. The Morgan fingerprint density at radius 1 is 0.292 bits per heavy atom. The monoisotopic (exact) mass is 320 g/mol. The standard InChI is InChI=1S/2C12H16/c2*1-7-8(2)10(4)12(6)11(5)9(7)3/h1,6H2,2-5H3;1-2H2,3-6H3. The summed E-state index contributed by atoms with van der Waals surface area (Å²) >= 11 is 0. The molecule has 0 saturated heterocycles. The molecule has 0 atom stereocenters. The molecule has 0 spiro atoms. The van der Waals surface area contributed by atoms with Crippen molar-refractivity contribution in [1.29, 1.82) is 0 Å². The highest BCUT2D eigenvalue weighted by atomic mass is 14.1. The normalized spacial score (nSPS) is 10.3. The van der Waals surface area contributed by atoms with Gasteiger partial charge in [-0.05, 0) is 121 Å². The van der Waals surface area contributed by atoms with E-state index in [1.165, 1.54) is 44.5 Å². The van der Waals surface area contributed by atoms with Gasteiger partial charge in [0.15, 0.2) is 0 Å². The summed E-state index contributed by atoms with van der Waals surface area (Å²) in [4.78, 5) is 0. The maximum Gasteiger partial charge on any atom is -0.0227 e. The first kappa shape index (κ1) is 20.0. The van der Waals surface area contributed by atoms with Crippen LogP contribution in [-0.4, -0.2) is 0 Å². The van der Waals surface area contributed by atoms with Crippen molar-refractivity contribution in [2.45, 2.75) is 55.4 Å². The number of benzene rings is 2. The molecule has 2 rings (SSSR count). The summed E-state index contributed by atoms with van der Waals surface area (Å²) < 4.78 is 0. The maximum absolute atomic E-state index is 4.05. The summed E-state index contributed by atoms with van der Waals surface area (Å²) in [6, 6.07) is 0. The fourth-order valence-corrected chi connectivity index (χ4v) is 2.94. The molecule has 0 N–H and O–H groups in total. The van der Waals surface area contributed by atoms with Crippen LogP contribution in [0.3, 0.4) is 0 Å². The molecular formula is C24H32. The summed E-state index contributed by atoms with van der Waals surface area (Å²) in [6.45, 7) is 33.1. The van der Waals surface area contributed by atoms with Crippen molar-refractivity contribution in [2.24, 2.45) is 0 Å². The molecule has 0 fully saturated rings. The predicted octanol–water partition coefficient (Wildman–Crippen LogP) is 3.48. The van der Waals surface area contributed by atoms with Crippen LogP contribution in [-0.2, 0) is 0 Å². The molecule has 2 aromatic carbocycles. The smallest absolute Gasteiger partial charge is 0.0227 e. The summed E-state index contributed by atoms with van der Waals surface area (Å²) in [5, 5.41) is 4.51. The topological polar surface area (TPSA) is 0 Å². The largest absolute Gasteiger partial charge is 0.0912 e. The summed E-state index contributed by atoms with van der Waals surface area (Å²) in [7, 11) is 0. The van der Waals surface area contributed by atoms with E-state index in [9.17, 15) is 0 Å². The molecule has 128 valence electrons. The van der Waals surface area contributed by atoms with E-state index in [1.807, 2.05) is 0 Å². The van der Waals surface area contributed by atoms with Crippen molar-refractivity contribution in [3.8, 4) is 0 Å². The molecule has 24 heavy (non-hydrogen) atoms. The first-order valence-corrected chi connectivity index (χ1v) is 8.41. The van der Waals surface area contributed by atoms with Crippen LogP contribution < -0.4 is 20.9 Å². The van der Waals surface area contributed by atoms with E-state index in [2.05, 4.69) is 81.7 Å². The van der Waals surface area contributed by atoms with Crippen LogP contribution in [0.4, 0.5) is 0 Å². The van der Waals surface area contributed by atoms with Crippen molar-refractivity contribution in [2.75, 3.05) is 0 Å². The summed E-state index contributed by atoms with van der Waals surface area (Å²) in [5.74, 6) is 0. The van der Waals surface area contributed by atoms with Crippen LogP contribution in [0, 0.1) is 55.4 Å². The molecule has 0 radical (unpaired) electrons. The van der Waals surface area contributed by atoms with Crippen molar-refractivity contribution < 1.29 is 0 Å². The molecule has 0 heterocycles. The zero-order valence-electron chi connectivity index (χ0n) is 16.8. The van der Waals surface area contributed by atoms with E-state index >= 15 is 0 Å². The summed E-state index contributed by atoms with van der Waals surface area (Å²) in [5.41, 5.74) is 10.4. The van der Waals surface area contributed by atoms with Gasteiger partial charge >= 0.3 is 0 Å². The SMILES string of the molecule is C=c1c(C)c(C)c(=C)c(C)c1C.C=c1c(C)c(C)c(C)c(C)c1=C. The van der Waals surface area contributed by atoms with Gasteiger partial charge in [-0.15, -0.1) is 0 Å². The van der Waals surface area contributed by atoms with E-state index in [0.29, 0.717) is 0 Å². The van der Waals surface area contributed by atoms with Gasteiger partial charge in [0, 0.05) is 0 Å². The Morgan fingerprint density at radius 2 is 0.458 bits per heavy atom. The molecule has 0 aliphatic rings. The Kier molecular flexibility index (Phi) is 6.00. The first-order chi connectivity index (χ1) is 10.9. The minimum absolute atomic E-state index is 1.09. The minimum atomic E-state index is 1.09. The lowest BCUT2D eigenvalue weighted by atomic mass is 9.96. The molecule has 0 saturated carbocycles. The minimum Gasteiger partial charge on any atom is -0.0912 e. The fraction of sp³-hybridized carbons (Fsp3) is 0.333. The highest BCUT2D eigenvalue weighted by Crippen LogP contribution is 2.08. The predicted molar refractivity (Wildman–Crippen MR) is 111 cm³/mol. The van der Waals surface area contributed by atoms with Gasteiger partial charge in [0.25, 0.3) is 0 Å². The van der Waals surface area contributed by atoms with E-state index in [1.54, 1.807) is 0 Å². The molecule has 0 heteroatoms. The van der Waals surface area contributed by atoms with Crippen LogP contribution in [0.2, 0.25) is 0 Å². The Balaban J connectivity index is 0.000000240. The highest BCUT2D eigenvalue weighted by molar-refractivity contribution is 5.42. The molecule has 0 aliphatic heterocycles. The maximum atomic E-state index is 4.05.